The van der Waals surface area contributed by atoms with Crippen LogP contribution in [-0.2, 0) is 19.5 Å². The molecule has 0 saturated carbocycles. The number of imidazole rings is 1. The van der Waals surface area contributed by atoms with E-state index in [-0.39, 0.29) is 17.4 Å². The number of rotatable bonds is 7. The standard InChI is InChI=1S/C28H26Cl2N6O3/c1-4-36-22-11-12-35(2)14-21(22)32-26(36)27(38)33-20-10-6-8-18(24(20)30)17-7-5-9-19(23(17)29)25-31-13-16(15-37)28(34-25)39-3/h5-10,13,15H,4,11-12,14H2,1-3H3,(H,33,38). The number of benzene rings is 2. The molecule has 2 aromatic heterocycles. The van der Waals surface area contributed by atoms with Crippen LogP contribution in [0.15, 0.2) is 42.6 Å². The molecule has 0 radical (unpaired) electrons. The number of likely N-dealkylation sites (N-methyl/N-ethyl adjacent to an activating group) is 1. The Morgan fingerprint density at radius 2 is 1.82 bits per heavy atom. The summed E-state index contributed by atoms with van der Waals surface area (Å²) < 4.78 is 7.19. The molecule has 11 heteroatoms. The summed E-state index contributed by atoms with van der Waals surface area (Å²) in [6.07, 6.45) is 2.86. The van der Waals surface area contributed by atoms with Crippen LogP contribution in [0, 0.1) is 0 Å². The molecule has 4 aromatic rings. The van der Waals surface area contributed by atoms with Gasteiger partial charge in [0, 0.05) is 54.6 Å². The van der Waals surface area contributed by atoms with Gasteiger partial charge in [-0.15, -0.1) is 0 Å². The zero-order valence-electron chi connectivity index (χ0n) is 21.7. The van der Waals surface area contributed by atoms with Gasteiger partial charge in [0.05, 0.1) is 34.1 Å². The van der Waals surface area contributed by atoms with Gasteiger partial charge in [-0.25, -0.2) is 9.97 Å². The molecule has 3 heterocycles. The van der Waals surface area contributed by atoms with Crippen LogP contribution in [0.25, 0.3) is 22.5 Å². The number of nitrogens with one attached hydrogen (secondary N) is 1. The van der Waals surface area contributed by atoms with E-state index < -0.39 is 0 Å². The third-order valence-corrected chi connectivity index (χ3v) is 7.52. The molecule has 0 aliphatic carbocycles. The molecule has 0 bridgehead atoms. The number of aromatic nitrogens is 4. The normalized spacial score (nSPS) is 13.2. The molecule has 0 spiro atoms. The number of hydrogen-bond acceptors (Lipinski definition) is 7. The van der Waals surface area contributed by atoms with E-state index in [0.29, 0.717) is 63.4 Å². The maximum Gasteiger partial charge on any atom is 0.291 e. The summed E-state index contributed by atoms with van der Waals surface area (Å²) in [7, 11) is 3.47. The first-order valence-corrected chi connectivity index (χ1v) is 13.1. The van der Waals surface area contributed by atoms with E-state index in [1.807, 2.05) is 30.7 Å². The fourth-order valence-electron chi connectivity index (χ4n) is 4.76. The number of ether oxygens (including phenoxy) is 1. The van der Waals surface area contributed by atoms with Crippen molar-refractivity contribution in [2.45, 2.75) is 26.4 Å². The first kappa shape index (κ1) is 26.8. The Morgan fingerprint density at radius 1 is 1.10 bits per heavy atom. The Balaban J connectivity index is 1.49. The Hall–Kier alpha value is -3.79. The van der Waals surface area contributed by atoms with Crippen molar-refractivity contribution in [1.29, 1.82) is 0 Å². The van der Waals surface area contributed by atoms with Gasteiger partial charge in [-0.1, -0.05) is 47.5 Å². The smallest absolute Gasteiger partial charge is 0.291 e. The highest BCUT2D eigenvalue weighted by Gasteiger charge is 2.26. The second kappa shape index (κ2) is 11.1. The van der Waals surface area contributed by atoms with Crippen LogP contribution in [0.4, 0.5) is 5.69 Å². The van der Waals surface area contributed by atoms with Gasteiger partial charge in [0.25, 0.3) is 5.91 Å². The molecule has 0 fully saturated rings. The lowest BCUT2D eigenvalue weighted by Crippen LogP contribution is -2.27. The van der Waals surface area contributed by atoms with Crippen LogP contribution in [0.1, 0.15) is 39.3 Å². The highest BCUT2D eigenvalue weighted by atomic mass is 35.5. The number of aldehydes is 1. The summed E-state index contributed by atoms with van der Waals surface area (Å²) in [4.78, 5) is 40.1. The molecule has 0 unspecified atom stereocenters. The van der Waals surface area contributed by atoms with E-state index in [2.05, 4.69) is 25.2 Å². The molecule has 200 valence electrons. The third kappa shape index (κ3) is 5.01. The van der Waals surface area contributed by atoms with Gasteiger partial charge in [-0.05, 0) is 26.1 Å². The molecule has 0 atom stereocenters. The van der Waals surface area contributed by atoms with Crippen molar-refractivity contribution < 1.29 is 14.3 Å². The highest BCUT2D eigenvalue weighted by Crippen LogP contribution is 2.41. The second-order valence-corrected chi connectivity index (χ2v) is 9.88. The summed E-state index contributed by atoms with van der Waals surface area (Å²) in [5.41, 5.74) is 4.49. The van der Waals surface area contributed by atoms with Crippen molar-refractivity contribution in [2.24, 2.45) is 0 Å². The van der Waals surface area contributed by atoms with Crippen LogP contribution in [0.3, 0.4) is 0 Å². The predicted molar refractivity (Wildman–Crippen MR) is 151 cm³/mol. The largest absolute Gasteiger partial charge is 0.480 e. The van der Waals surface area contributed by atoms with Gasteiger partial charge in [0.1, 0.15) is 0 Å². The number of methoxy groups -OCH3 is 1. The molecule has 1 N–H and O–H groups in total. The number of hydrogen-bond donors (Lipinski definition) is 1. The maximum absolute atomic E-state index is 13.4. The lowest BCUT2D eigenvalue weighted by molar-refractivity contribution is 0.101. The average molecular weight is 565 g/mol. The summed E-state index contributed by atoms with van der Waals surface area (Å²) in [6, 6.07) is 10.8. The van der Waals surface area contributed by atoms with Crippen LogP contribution in [0.2, 0.25) is 10.0 Å². The van der Waals surface area contributed by atoms with Gasteiger partial charge in [0.2, 0.25) is 5.88 Å². The minimum Gasteiger partial charge on any atom is -0.480 e. The number of nitrogens with zero attached hydrogens (tertiary/aromatic N) is 5. The SMILES string of the molecule is CCn1c(C(=O)Nc2cccc(-c3cccc(-c4ncc(C=O)c(OC)n4)c3Cl)c2Cl)nc2c1CCN(C)C2. The van der Waals surface area contributed by atoms with E-state index in [1.165, 1.54) is 13.3 Å². The number of amides is 1. The zero-order valence-corrected chi connectivity index (χ0v) is 23.2. The molecular weight excluding hydrogens is 539 g/mol. The van der Waals surface area contributed by atoms with Crippen molar-refractivity contribution in [3.8, 4) is 28.4 Å². The number of anilines is 1. The average Bonchev–Trinajstić information content (AvgIpc) is 3.32. The summed E-state index contributed by atoms with van der Waals surface area (Å²) in [5.74, 6) is 0.483. The van der Waals surface area contributed by atoms with Crippen LogP contribution in [0.5, 0.6) is 5.88 Å². The van der Waals surface area contributed by atoms with Crippen molar-refractivity contribution in [3.05, 3.63) is 75.4 Å². The van der Waals surface area contributed by atoms with Gasteiger partial charge < -0.3 is 19.5 Å². The van der Waals surface area contributed by atoms with Crippen molar-refractivity contribution >= 4 is 41.1 Å². The molecule has 39 heavy (non-hydrogen) atoms. The number of fused-ring (bicyclic) bond motifs is 1. The topological polar surface area (TPSA) is 102 Å². The van der Waals surface area contributed by atoms with E-state index in [0.717, 1.165) is 24.4 Å². The van der Waals surface area contributed by atoms with Crippen molar-refractivity contribution in [2.75, 3.05) is 26.0 Å². The molecule has 0 saturated heterocycles. The minimum absolute atomic E-state index is 0.151. The molecule has 1 amide bonds. The Kier molecular flexibility index (Phi) is 7.65. The number of carbonyl (C=O) groups excluding carboxylic acids is 2. The highest BCUT2D eigenvalue weighted by molar-refractivity contribution is 6.39. The summed E-state index contributed by atoms with van der Waals surface area (Å²) in [6.45, 7) is 4.28. The first-order chi connectivity index (χ1) is 18.9. The van der Waals surface area contributed by atoms with Gasteiger partial charge in [0.15, 0.2) is 17.9 Å². The number of carbonyl (C=O) groups is 2. The molecular formula is C28H26Cl2N6O3. The number of halogens is 2. The van der Waals surface area contributed by atoms with Gasteiger partial charge in [-0.2, -0.15) is 4.98 Å². The van der Waals surface area contributed by atoms with Gasteiger partial charge >= 0.3 is 0 Å². The van der Waals surface area contributed by atoms with Crippen LogP contribution in [-0.4, -0.2) is 57.3 Å². The molecule has 5 rings (SSSR count). The first-order valence-electron chi connectivity index (χ1n) is 12.4. The Morgan fingerprint density at radius 3 is 2.54 bits per heavy atom. The fourth-order valence-corrected chi connectivity index (χ4v) is 5.35. The molecule has 1 aliphatic heterocycles. The van der Waals surface area contributed by atoms with Crippen LogP contribution < -0.4 is 10.1 Å². The van der Waals surface area contributed by atoms with Crippen molar-refractivity contribution in [1.82, 2.24) is 24.4 Å². The molecule has 2 aromatic carbocycles. The summed E-state index contributed by atoms with van der Waals surface area (Å²) >= 11 is 13.7. The van der Waals surface area contributed by atoms with E-state index in [9.17, 15) is 9.59 Å². The van der Waals surface area contributed by atoms with E-state index in [1.54, 1.807) is 24.3 Å². The molecule has 1 aliphatic rings. The van der Waals surface area contributed by atoms with E-state index >= 15 is 0 Å². The van der Waals surface area contributed by atoms with E-state index in [4.69, 9.17) is 27.9 Å². The summed E-state index contributed by atoms with van der Waals surface area (Å²) in [5, 5.41) is 3.64. The fraction of sp³-hybridized carbons (Fsp3) is 0.250. The second-order valence-electron chi connectivity index (χ2n) is 9.13. The third-order valence-electron chi connectivity index (χ3n) is 6.70. The van der Waals surface area contributed by atoms with Gasteiger partial charge in [-0.3, -0.25) is 9.59 Å². The monoisotopic (exact) mass is 564 g/mol. The van der Waals surface area contributed by atoms with Crippen LogP contribution >= 0.6 is 23.2 Å². The maximum atomic E-state index is 13.4. The zero-order chi connectivity index (χ0) is 27.7. The Bertz CT molecular complexity index is 1590. The lowest BCUT2D eigenvalue weighted by Gasteiger charge is -2.22. The quantitative estimate of drug-likeness (QED) is 0.300. The minimum atomic E-state index is -0.330. The predicted octanol–water partition coefficient (Wildman–Crippen LogP) is 5.40. The molecule has 9 nitrogen and oxygen atoms in total. The van der Waals surface area contributed by atoms with Crippen molar-refractivity contribution in [3.63, 3.8) is 0 Å². The Labute approximate surface area is 235 Å². The lowest BCUT2D eigenvalue weighted by atomic mass is 10.0.